The number of amidine groups is 1. The lowest BCUT2D eigenvalue weighted by Crippen LogP contribution is -2.18. The van der Waals surface area contributed by atoms with Crippen molar-refractivity contribution < 1.29 is 37.0 Å². The number of halogens is 3. The van der Waals surface area contributed by atoms with Crippen LogP contribution in [0, 0.1) is 20.8 Å². The van der Waals surface area contributed by atoms with Crippen LogP contribution in [-0.4, -0.2) is 56.4 Å². The van der Waals surface area contributed by atoms with Crippen LogP contribution in [-0.2, 0) is 29.1 Å². The van der Waals surface area contributed by atoms with Gasteiger partial charge in [-0.05, 0) is 87.6 Å². The highest BCUT2D eigenvalue weighted by Gasteiger charge is 2.24. The van der Waals surface area contributed by atoms with E-state index in [1.165, 1.54) is 0 Å². The summed E-state index contributed by atoms with van der Waals surface area (Å²) in [4.78, 5) is 23.2. The van der Waals surface area contributed by atoms with E-state index in [-0.39, 0.29) is 42.8 Å². The summed E-state index contributed by atoms with van der Waals surface area (Å²) in [6, 6.07) is 8.09. The molecule has 0 heterocycles. The Balaban J connectivity index is 2.04. The Morgan fingerprint density at radius 1 is 0.905 bits per heavy atom. The molecular formula is C28H35Cl3N2O8S. The minimum atomic E-state index is -4.16. The van der Waals surface area contributed by atoms with Crippen LogP contribution in [0.25, 0.3) is 0 Å². The van der Waals surface area contributed by atoms with E-state index < -0.39 is 19.8 Å². The van der Waals surface area contributed by atoms with Gasteiger partial charge in [0.05, 0.1) is 24.7 Å². The molecule has 14 heteroatoms. The smallest absolute Gasteiger partial charge is 0.306 e. The molecule has 2 rings (SSSR count). The van der Waals surface area contributed by atoms with Gasteiger partial charge in [0.2, 0.25) is 3.79 Å². The molecule has 0 amide bonds. The van der Waals surface area contributed by atoms with E-state index in [0.29, 0.717) is 59.8 Å². The third-order valence-corrected chi connectivity index (χ3v) is 7.79. The lowest BCUT2D eigenvalue weighted by atomic mass is 10.1. The van der Waals surface area contributed by atoms with Gasteiger partial charge in [0.1, 0.15) is 23.9 Å². The Morgan fingerprint density at radius 2 is 1.48 bits per heavy atom. The molecule has 0 fully saturated rings. The summed E-state index contributed by atoms with van der Waals surface area (Å²) in [5.74, 6) is 0.0323. The first kappa shape index (κ1) is 35.5. The minimum Gasteiger partial charge on any atom is -0.494 e. The third-order valence-electron chi connectivity index (χ3n) is 5.88. The van der Waals surface area contributed by atoms with Gasteiger partial charge in [-0.15, -0.1) is 4.40 Å². The van der Waals surface area contributed by atoms with Gasteiger partial charge in [0.25, 0.3) is 10.0 Å². The number of aryl methyl sites for hydroxylation is 1. The molecule has 0 aliphatic rings. The molecule has 232 valence electrons. The zero-order valence-corrected chi connectivity index (χ0v) is 27.0. The Labute approximate surface area is 261 Å². The first-order valence-corrected chi connectivity index (χ1v) is 15.7. The second kappa shape index (κ2) is 16.2. The minimum absolute atomic E-state index is 0.0344. The number of alkyl halides is 3. The van der Waals surface area contributed by atoms with Crippen molar-refractivity contribution in [1.29, 1.82) is 0 Å². The van der Waals surface area contributed by atoms with Crippen molar-refractivity contribution in [3.05, 3.63) is 52.6 Å². The molecule has 2 aromatic carbocycles. The molecule has 2 N–H and O–H groups in total. The number of sulfonamides is 1. The molecule has 0 saturated heterocycles. The van der Waals surface area contributed by atoms with Gasteiger partial charge in [-0.3, -0.25) is 9.59 Å². The van der Waals surface area contributed by atoms with Crippen molar-refractivity contribution in [3.63, 3.8) is 0 Å². The van der Waals surface area contributed by atoms with Crippen LogP contribution in [0.1, 0.15) is 54.9 Å². The van der Waals surface area contributed by atoms with Crippen LogP contribution >= 0.6 is 34.8 Å². The van der Waals surface area contributed by atoms with Crippen LogP contribution in [0.3, 0.4) is 0 Å². The zero-order valence-electron chi connectivity index (χ0n) is 23.9. The molecule has 0 aromatic heterocycles. The topological polar surface area (TPSA) is 144 Å². The number of ether oxygens (including phenoxy) is 4. The number of nitrogens with two attached hydrogens (primary N) is 1. The van der Waals surface area contributed by atoms with E-state index in [0.717, 1.165) is 0 Å². The number of benzene rings is 2. The van der Waals surface area contributed by atoms with Gasteiger partial charge in [-0.2, -0.15) is 8.42 Å². The molecule has 0 spiro atoms. The van der Waals surface area contributed by atoms with Crippen molar-refractivity contribution in [2.75, 3.05) is 26.4 Å². The molecule has 0 saturated carbocycles. The van der Waals surface area contributed by atoms with Crippen LogP contribution in [0.2, 0.25) is 0 Å². The lowest BCUT2D eigenvalue weighted by molar-refractivity contribution is -0.144. The molecule has 10 nitrogen and oxygen atoms in total. The summed E-state index contributed by atoms with van der Waals surface area (Å²) in [6.45, 7) is 7.27. The highest BCUT2D eigenvalue weighted by molar-refractivity contribution is 7.90. The summed E-state index contributed by atoms with van der Waals surface area (Å²) < 4.78 is 49.9. The quantitative estimate of drug-likeness (QED) is 0.0857. The van der Waals surface area contributed by atoms with Crippen molar-refractivity contribution >= 4 is 62.6 Å². The molecule has 42 heavy (non-hydrogen) atoms. The van der Waals surface area contributed by atoms with E-state index in [4.69, 9.17) is 59.5 Å². The number of carbonyl (C=O) groups is 2. The molecule has 0 aliphatic heterocycles. The molecule has 0 aliphatic carbocycles. The molecular weight excluding hydrogens is 631 g/mol. The molecule has 0 atom stereocenters. The number of nitrogens with zero attached hydrogens (tertiary/aromatic N) is 1. The highest BCUT2D eigenvalue weighted by Crippen LogP contribution is 2.32. The number of esters is 2. The van der Waals surface area contributed by atoms with E-state index in [1.54, 1.807) is 58.0 Å². The van der Waals surface area contributed by atoms with Crippen LogP contribution in [0.15, 0.2) is 39.6 Å². The molecule has 2 aromatic rings. The van der Waals surface area contributed by atoms with Crippen molar-refractivity contribution in [3.8, 4) is 11.5 Å². The van der Waals surface area contributed by atoms with Crippen molar-refractivity contribution in [1.82, 2.24) is 0 Å². The Bertz CT molecular complexity index is 1380. The highest BCUT2D eigenvalue weighted by atomic mass is 35.6. The second-order valence-corrected chi connectivity index (χ2v) is 13.3. The van der Waals surface area contributed by atoms with Gasteiger partial charge in [-0.1, -0.05) is 34.8 Å². The predicted molar refractivity (Wildman–Crippen MR) is 162 cm³/mol. The van der Waals surface area contributed by atoms with Crippen LogP contribution in [0.4, 0.5) is 0 Å². The molecule has 0 bridgehead atoms. The first-order chi connectivity index (χ1) is 19.6. The Hall–Kier alpha value is -2.73. The van der Waals surface area contributed by atoms with Gasteiger partial charge in [-0.25, -0.2) is 0 Å². The van der Waals surface area contributed by atoms with Crippen molar-refractivity contribution in [2.45, 2.75) is 62.1 Å². The average Bonchev–Trinajstić information content (AvgIpc) is 2.90. The third kappa shape index (κ3) is 11.5. The zero-order chi connectivity index (χ0) is 31.5. The summed E-state index contributed by atoms with van der Waals surface area (Å²) in [6.07, 6.45) is 1.15. The fourth-order valence-electron chi connectivity index (χ4n) is 3.79. The van der Waals surface area contributed by atoms with Crippen LogP contribution < -0.4 is 15.2 Å². The summed E-state index contributed by atoms with van der Waals surface area (Å²) in [5, 5.41) is 0. The maximum atomic E-state index is 13.3. The van der Waals surface area contributed by atoms with Crippen LogP contribution in [0.5, 0.6) is 11.5 Å². The second-order valence-electron chi connectivity index (χ2n) is 9.23. The average molecular weight is 666 g/mol. The number of hydrogen-bond acceptors (Lipinski definition) is 8. The maximum Gasteiger partial charge on any atom is 0.306 e. The maximum absolute atomic E-state index is 13.3. The van der Waals surface area contributed by atoms with E-state index in [9.17, 15) is 18.0 Å². The SMILES string of the molecule is CCOC(=O)CCCOc1ccc(C(N)=NS(=O)(=O)c2c(C)cc(OCCCC(=O)OCC(Cl)(Cl)Cl)c(C)c2C)cc1. The predicted octanol–water partition coefficient (Wildman–Crippen LogP) is 5.50. The standard InChI is InChI=1S/C28H35Cl3N2O8S/c1-5-38-24(34)8-6-14-39-22-12-10-21(11-13-22)27(32)33-42(36,37)26-18(2)16-23(19(3)20(26)4)40-15-7-9-25(35)41-17-28(29,30)31/h10-13,16H,5-9,14-15,17H2,1-4H3,(H2,32,33). The summed E-state index contributed by atoms with van der Waals surface area (Å²) in [7, 11) is -4.16. The lowest BCUT2D eigenvalue weighted by Gasteiger charge is -2.16. The first-order valence-electron chi connectivity index (χ1n) is 13.1. The van der Waals surface area contributed by atoms with Gasteiger partial charge < -0.3 is 24.7 Å². The largest absolute Gasteiger partial charge is 0.494 e. The van der Waals surface area contributed by atoms with E-state index >= 15 is 0 Å². The normalized spacial score (nSPS) is 12.1. The fourth-order valence-corrected chi connectivity index (χ4v) is 5.42. The number of rotatable bonds is 15. The molecule has 0 radical (unpaired) electrons. The van der Waals surface area contributed by atoms with Crippen molar-refractivity contribution in [2.24, 2.45) is 10.1 Å². The Morgan fingerprint density at radius 3 is 2.05 bits per heavy atom. The van der Waals surface area contributed by atoms with E-state index in [1.807, 2.05) is 0 Å². The Kier molecular flexibility index (Phi) is 13.7. The number of hydrogen-bond donors (Lipinski definition) is 1. The number of carbonyl (C=O) groups excluding carboxylic acids is 2. The van der Waals surface area contributed by atoms with Gasteiger partial charge in [0.15, 0.2) is 0 Å². The van der Waals surface area contributed by atoms with E-state index in [2.05, 4.69) is 4.40 Å². The monoisotopic (exact) mass is 664 g/mol. The fraction of sp³-hybridized carbons (Fsp3) is 0.464. The summed E-state index contributed by atoms with van der Waals surface area (Å²) in [5.41, 5.74) is 7.97. The van der Waals surface area contributed by atoms with Gasteiger partial charge >= 0.3 is 11.9 Å². The van der Waals surface area contributed by atoms with Gasteiger partial charge in [0, 0.05) is 18.4 Å². The summed E-state index contributed by atoms with van der Waals surface area (Å²) >= 11 is 16.7. The molecule has 0 unspecified atom stereocenters.